The quantitative estimate of drug-likeness (QED) is 0.834. The molecule has 1 saturated heterocycles. The topological polar surface area (TPSA) is 104 Å². The third-order valence-electron chi connectivity index (χ3n) is 4.02. The number of nitrogens with one attached hydrogen (secondary N) is 1. The van der Waals surface area contributed by atoms with E-state index in [4.69, 9.17) is 0 Å². The molecule has 1 fully saturated rings. The highest BCUT2D eigenvalue weighted by Gasteiger charge is 2.34. The van der Waals surface area contributed by atoms with Crippen molar-refractivity contribution in [1.82, 2.24) is 25.3 Å². The Kier molecular flexibility index (Phi) is 4.66. The molecule has 0 unspecified atom stereocenters. The van der Waals surface area contributed by atoms with Gasteiger partial charge in [0.2, 0.25) is 0 Å². The Balaban J connectivity index is 1.62. The molecule has 1 amide bonds. The van der Waals surface area contributed by atoms with E-state index in [9.17, 15) is 9.90 Å². The Hall–Kier alpha value is -2.61. The van der Waals surface area contributed by atoms with Crippen molar-refractivity contribution in [2.45, 2.75) is 25.4 Å². The molecule has 1 aliphatic heterocycles. The number of rotatable bonds is 4. The first-order valence-corrected chi connectivity index (χ1v) is 7.87. The fourth-order valence-electron chi connectivity index (χ4n) is 2.82. The highest BCUT2D eigenvalue weighted by molar-refractivity contribution is 5.92. The molecule has 8 nitrogen and oxygen atoms in total. The molecule has 2 aromatic rings. The van der Waals surface area contributed by atoms with E-state index in [0.29, 0.717) is 24.5 Å². The van der Waals surface area contributed by atoms with E-state index in [-0.39, 0.29) is 12.5 Å². The zero-order valence-corrected chi connectivity index (χ0v) is 13.5. The van der Waals surface area contributed by atoms with Crippen LogP contribution in [0.5, 0.6) is 0 Å². The number of aromatic nitrogens is 4. The number of piperidine rings is 1. The summed E-state index contributed by atoms with van der Waals surface area (Å²) in [4.78, 5) is 30.6. The third-order valence-corrected chi connectivity index (χ3v) is 4.02. The second-order valence-corrected chi connectivity index (χ2v) is 5.98. The van der Waals surface area contributed by atoms with Gasteiger partial charge in [0.15, 0.2) is 0 Å². The normalized spacial score (nSPS) is 20.7. The lowest BCUT2D eigenvalue weighted by atomic mass is 9.92. The fourth-order valence-corrected chi connectivity index (χ4v) is 2.82. The number of aliphatic hydroxyl groups is 1. The van der Waals surface area contributed by atoms with Gasteiger partial charge in [-0.2, -0.15) is 0 Å². The number of hydrogen-bond acceptors (Lipinski definition) is 7. The van der Waals surface area contributed by atoms with Crippen LogP contribution in [0, 0.1) is 6.92 Å². The maximum Gasteiger partial charge on any atom is 0.270 e. The minimum atomic E-state index is -1.01. The van der Waals surface area contributed by atoms with Crippen LogP contribution < -0.4 is 10.2 Å². The van der Waals surface area contributed by atoms with Crippen molar-refractivity contribution in [1.29, 1.82) is 0 Å². The van der Waals surface area contributed by atoms with Crippen molar-refractivity contribution >= 4 is 11.7 Å². The number of amides is 1. The summed E-state index contributed by atoms with van der Waals surface area (Å²) in [5.41, 5.74) is -0.708. The van der Waals surface area contributed by atoms with E-state index in [0.717, 1.165) is 18.8 Å². The molecule has 0 radical (unpaired) electrons. The number of carbonyl (C=O) groups excluding carboxylic acids is 1. The molecule has 8 heteroatoms. The van der Waals surface area contributed by atoms with Gasteiger partial charge < -0.3 is 15.3 Å². The lowest BCUT2D eigenvalue weighted by molar-refractivity contribution is 0.0253. The highest BCUT2D eigenvalue weighted by Crippen LogP contribution is 2.23. The van der Waals surface area contributed by atoms with Crippen molar-refractivity contribution in [3.63, 3.8) is 0 Å². The number of nitrogens with zero attached hydrogens (tertiary/aromatic N) is 5. The molecule has 0 saturated carbocycles. The van der Waals surface area contributed by atoms with Gasteiger partial charge in [-0.05, 0) is 25.8 Å². The second-order valence-electron chi connectivity index (χ2n) is 5.98. The summed E-state index contributed by atoms with van der Waals surface area (Å²) < 4.78 is 0. The van der Waals surface area contributed by atoms with Gasteiger partial charge in [0.05, 0.1) is 11.8 Å². The lowest BCUT2D eigenvalue weighted by Crippen LogP contribution is -2.54. The predicted molar refractivity (Wildman–Crippen MR) is 87.5 cm³/mol. The minimum absolute atomic E-state index is 0.158. The molecular weight excluding hydrogens is 308 g/mol. The summed E-state index contributed by atoms with van der Waals surface area (Å²) in [6.07, 6.45) is 7.89. The van der Waals surface area contributed by atoms with Crippen LogP contribution in [0.1, 0.15) is 29.2 Å². The maximum atomic E-state index is 12.2. The molecule has 0 aromatic carbocycles. The molecule has 126 valence electrons. The van der Waals surface area contributed by atoms with Gasteiger partial charge in [-0.15, -0.1) is 0 Å². The van der Waals surface area contributed by atoms with Gasteiger partial charge in [-0.3, -0.25) is 9.78 Å². The van der Waals surface area contributed by atoms with E-state index < -0.39 is 5.60 Å². The van der Waals surface area contributed by atoms with Crippen LogP contribution in [0.25, 0.3) is 0 Å². The Bertz CT molecular complexity index is 711. The Morgan fingerprint density at radius 2 is 2.25 bits per heavy atom. The lowest BCUT2D eigenvalue weighted by Gasteiger charge is -2.39. The molecule has 1 aliphatic rings. The van der Waals surface area contributed by atoms with Crippen molar-refractivity contribution in [2.24, 2.45) is 0 Å². The van der Waals surface area contributed by atoms with Crippen molar-refractivity contribution in [3.8, 4) is 0 Å². The van der Waals surface area contributed by atoms with Gasteiger partial charge in [0, 0.05) is 38.2 Å². The van der Waals surface area contributed by atoms with Crippen LogP contribution in [0.2, 0.25) is 0 Å². The molecule has 2 N–H and O–H groups in total. The zero-order chi connectivity index (χ0) is 17.0. The first-order chi connectivity index (χ1) is 11.6. The summed E-state index contributed by atoms with van der Waals surface area (Å²) in [5.74, 6) is 0.951. The van der Waals surface area contributed by atoms with Gasteiger partial charge >= 0.3 is 0 Å². The molecular formula is C16H20N6O2. The van der Waals surface area contributed by atoms with Crippen LogP contribution in [-0.4, -0.2) is 56.2 Å². The molecule has 0 bridgehead atoms. The van der Waals surface area contributed by atoms with Crippen LogP contribution in [0.15, 0.2) is 30.9 Å². The van der Waals surface area contributed by atoms with E-state index in [1.807, 2.05) is 4.90 Å². The van der Waals surface area contributed by atoms with Gasteiger partial charge in [0.25, 0.3) is 5.91 Å². The number of carbonyl (C=O) groups is 1. The summed E-state index contributed by atoms with van der Waals surface area (Å²) in [6, 6.07) is 1.55. The molecule has 24 heavy (non-hydrogen) atoms. The Labute approximate surface area is 140 Å². The average Bonchev–Trinajstić information content (AvgIpc) is 2.60. The highest BCUT2D eigenvalue weighted by atomic mass is 16.3. The Morgan fingerprint density at radius 1 is 1.38 bits per heavy atom. The largest absolute Gasteiger partial charge is 0.386 e. The zero-order valence-electron chi connectivity index (χ0n) is 13.5. The van der Waals surface area contributed by atoms with Gasteiger partial charge in [-0.25, -0.2) is 15.0 Å². The summed E-state index contributed by atoms with van der Waals surface area (Å²) in [6.45, 7) is 3.09. The van der Waals surface area contributed by atoms with Crippen molar-refractivity contribution in [3.05, 3.63) is 42.4 Å². The summed E-state index contributed by atoms with van der Waals surface area (Å²) in [7, 11) is 0. The van der Waals surface area contributed by atoms with Crippen molar-refractivity contribution in [2.75, 3.05) is 24.5 Å². The van der Waals surface area contributed by atoms with Crippen LogP contribution in [0.3, 0.4) is 0 Å². The average molecular weight is 328 g/mol. The molecule has 2 aromatic heterocycles. The van der Waals surface area contributed by atoms with Gasteiger partial charge in [0.1, 0.15) is 17.3 Å². The van der Waals surface area contributed by atoms with Gasteiger partial charge in [-0.1, -0.05) is 0 Å². The van der Waals surface area contributed by atoms with Crippen LogP contribution >= 0.6 is 0 Å². The second kappa shape index (κ2) is 6.88. The van der Waals surface area contributed by atoms with E-state index in [2.05, 4.69) is 25.3 Å². The summed E-state index contributed by atoms with van der Waals surface area (Å²) in [5, 5.41) is 13.6. The number of aryl methyl sites for hydroxylation is 1. The number of β-amino-alcohol motifs (C(OH)–C–C–N with tert-alkyl or cyclic N) is 1. The van der Waals surface area contributed by atoms with Crippen LogP contribution in [-0.2, 0) is 0 Å². The number of hydrogen-bond donors (Lipinski definition) is 2. The monoisotopic (exact) mass is 328 g/mol. The van der Waals surface area contributed by atoms with Crippen LogP contribution in [0.4, 0.5) is 5.82 Å². The van der Waals surface area contributed by atoms with Crippen molar-refractivity contribution < 1.29 is 9.90 Å². The minimum Gasteiger partial charge on any atom is -0.386 e. The first kappa shape index (κ1) is 16.3. The SMILES string of the molecule is Cc1nccc(C(=O)NC[C@@]2(O)CCCN(c3cnccn3)C2)n1. The standard InChI is InChI=1S/C16H20N6O2/c1-12-18-5-3-13(21-12)15(23)20-10-16(24)4-2-8-22(11-16)14-9-17-6-7-19-14/h3,5-7,9,24H,2,4,8,10-11H2,1H3,(H,20,23)/t16-/m0/s1. The molecule has 3 rings (SSSR count). The Morgan fingerprint density at radius 3 is 3.00 bits per heavy atom. The molecule has 3 heterocycles. The van der Waals surface area contributed by atoms with E-state index >= 15 is 0 Å². The van der Waals surface area contributed by atoms with E-state index in [1.54, 1.807) is 37.8 Å². The van der Waals surface area contributed by atoms with E-state index in [1.165, 1.54) is 0 Å². The summed E-state index contributed by atoms with van der Waals surface area (Å²) >= 11 is 0. The molecule has 1 atom stereocenters. The number of anilines is 1. The smallest absolute Gasteiger partial charge is 0.270 e. The molecule has 0 aliphatic carbocycles. The third kappa shape index (κ3) is 3.83. The maximum absolute atomic E-state index is 12.2. The predicted octanol–water partition coefficient (Wildman–Crippen LogP) is 0.336. The molecule has 0 spiro atoms. The fraction of sp³-hybridized carbons (Fsp3) is 0.438. The first-order valence-electron chi connectivity index (χ1n) is 7.87.